The second kappa shape index (κ2) is 10.2. The molecule has 6 nitrogen and oxygen atoms in total. The van der Waals surface area contributed by atoms with Crippen LogP contribution in [-0.4, -0.2) is 37.9 Å². The van der Waals surface area contributed by atoms with Gasteiger partial charge >= 0.3 is 5.97 Å². The number of aromatic nitrogens is 2. The third kappa shape index (κ3) is 4.74. The molecular formula is C28H23Cl2N3O3. The van der Waals surface area contributed by atoms with Crippen LogP contribution in [0.5, 0.6) is 0 Å². The van der Waals surface area contributed by atoms with Crippen molar-refractivity contribution < 1.29 is 14.7 Å². The van der Waals surface area contributed by atoms with E-state index in [-0.39, 0.29) is 12.3 Å². The van der Waals surface area contributed by atoms with E-state index in [1.807, 2.05) is 30.3 Å². The van der Waals surface area contributed by atoms with Crippen LogP contribution >= 0.6 is 23.2 Å². The number of fused-ring (bicyclic) bond motifs is 1. The molecule has 2 heterocycles. The van der Waals surface area contributed by atoms with Crippen molar-refractivity contribution in [1.82, 2.24) is 14.9 Å². The molecule has 3 aromatic carbocycles. The molecule has 5 rings (SSSR count). The Kier molecular flexibility index (Phi) is 6.81. The van der Waals surface area contributed by atoms with Crippen LogP contribution in [0.25, 0.3) is 0 Å². The number of benzene rings is 3. The summed E-state index contributed by atoms with van der Waals surface area (Å²) in [5.74, 6) is -2.13. The van der Waals surface area contributed by atoms with Gasteiger partial charge in [0, 0.05) is 22.2 Å². The summed E-state index contributed by atoms with van der Waals surface area (Å²) in [6.07, 6.45) is 2.14. The molecule has 0 spiro atoms. The van der Waals surface area contributed by atoms with Crippen molar-refractivity contribution in [3.05, 3.63) is 123 Å². The van der Waals surface area contributed by atoms with Crippen LogP contribution in [0.2, 0.25) is 10.0 Å². The first kappa shape index (κ1) is 24.1. The normalized spacial score (nSPS) is 17.1. The lowest BCUT2D eigenvalue weighted by Crippen LogP contribution is -2.53. The number of aliphatic carboxylic acids is 1. The highest BCUT2D eigenvalue weighted by atomic mass is 35.5. The Morgan fingerprint density at radius 3 is 2.08 bits per heavy atom. The summed E-state index contributed by atoms with van der Waals surface area (Å²) in [5, 5.41) is 11.3. The van der Waals surface area contributed by atoms with Crippen LogP contribution in [0, 0.1) is 0 Å². The van der Waals surface area contributed by atoms with Gasteiger partial charge in [-0.15, -0.1) is 0 Å². The third-order valence-corrected chi connectivity index (χ3v) is 7.11. The topological polar surface area (TPSA) is 86.3 Å². The number of H-pyrrole nitrogens is 1. The monoisotopic (exact) mass is 519 g/mol. The molecule has 182 valence electrons. The minimum absolute atomic E-state index is 0.148. The molecule has 36 heavy (non-hydrogen) atoms. The lowest BCUT2D eigenvalue weighted by molar-refractivity contribution is -0.154. The summed E-state index contributed by atoms with van der Waals surface area (Å²) in [7, 11) is 0. The number of carboxylic acids is 1. The lowest BCUT2D eigenvalue weighted by atomic mass is 9.85. The van der Waals surface area contributed by atoms with Gasteiger partial charge in [0.15, 0.2) is 0 Å². The van der Waals surface area contributed by atoms with Crippen LogP contribution in [0.3, 0.4) is 0 Å². The fraction of sp³-hybridized carbons (Fsp3) is 0.179. The molecule has 1 aliphatic rings. The summed E-state index contributed by atoms with van der Waals surface area (Å²) in [5.41, 5.74) is 3.83. The Balaban J connectivity index is 1.64. The smallest absolute Gasteiger partial charge is 0.326 e. The minimum atomic E-state index is -1.06. The highest BCUT2D eigenvalue weighted by Gasteiger charge is 2.45. The van der Waals surface area contributed by atoms with Crippen LogP contribution < -0.4 is 0 Å². The van der Waals surface area contributed by atoms with E-state index in [0.29, 0.717) is 33.3 Å². The number of nitrogens with one attached hydrogen (secondary N) is 1. The molecule has 0 radical (unpaired) electrons. The fourth-order valence-electron chi connectivity index (χ4n) is 4.91. The Hall–Kier alpha value is -3.61. The minimum Gasteiger partial charge on any atom is -0.480 e. The van der Waals surface area contributed by atoms with Crippen LogP contribution in [0.4, 0.5) is 0 Å². The Bertz CT molecular complexity index is 1330. The summed E-state index contributed by atoms with van der Waals surface area (Å²) < 4.78 is 0. The zero-order chi connectivity index (χ0) is 25.2. The SMILES string of the molecule is O=C(O)[C@@H]1Cc2[nH]cnc2C(Cc2ccccc2)N1C(=O)C(c1ccc(Cl)cc1)c1ccc(Cl)cc1. The molecule has 4 aromatic rings. The van der Waals surface area contributed by atoms with E-state index in [1.54, 1.807) is 54.9 Å². The molecule has 1 aliphatic heterocycles. The number of carboxylic acid groups (broad SMARTS) is 1. The predicted molar refractivity (Wildman–Crippen MR) is 138 cm³/mol. The summed E-state index contributed by atoms with van der Waals surface area (Å²) in [6.45, 7) is 0. The Morgan fingerprint density at radius 1 is 0.944 bits per heavy atom. The van der Waals surface area contributed by atoms with Gasteiger partial charge in [0.2, 0.25) is 5.91 Å². The van der Waals surface area contributed by atoms with Crippen LogP contribution in [0.1, 0.15) is 40.0 Å². The maximum atomic E-state index is 14.5. The van der Waals surface area contributed by atoms with Crippen molar-refractivity contribution in [3.8, 4) is 0 Å². The largest absolute Gasteiger partial charge is 0.480 e. The average Bonchev–Trinajstić information content (AvgIpc) is 3.36. The predicted octanol–water partition coefficient (Wildman–Crippen LogP) is 5.67. The van der Waals surface area contributed by atoms with Crippen molar-refractivity contribution in [2.45, 2.75) is 30.8 Å². The second-order valence-corrected chi connectivity index (χ2v) is 9.68. The molecule has 0 saturated heterocycles. The fourth-order valence-corrected chi connectivity index (χ4v) is 5.16. The standard InChI is InChI=1S/C28H23Cl2N3O3/c29-20-10-6-18(7-11-20)25(19-8-12-21(30)13-9-19)27(34)33-23(14-17-4-2-1-3-5-17)26-22(31-16-32-26)15-24(33)28(35)36/h1-13,16,23-25H,14-15H2,(H,31,32)(H,35,36)/t23?,24-/m0/s1. The molecule has 0 saturated carbocycles. The number of hydrogen-bond acceptors (Lipinski definition) is 3. The number of aromatic amines is 1. The molecule has 0 fully saturated rings. The molecule has 0 bridgehead atoms. The number of imidazole rings is 1. The maximum absolute atomic E-state index is 14.5. The molecule has 8 heteroatoms. The number of carbonyl (C=O) groups excluding carboxylic acids is 1. The van der Waals surface area contributed by atoms with E-state index in [1.165, 1.54) is 4.90 Å². The van der Waals surface area contributed by atoms with Crippen LogP contribution in [-0.2, 0) is 22.4 Å². The van der Waals surface area contributed by atoms with Gasteiger partial charge in [0.25, 0.3) is 0 Å². The van der Waals surface area contributed by atoms with Crippen molar-refractivity contribution >= 4 is 35.1 Å². The van der Waals surface area contributed by atoms with Crippen LogP contribution in [0.15, 0.2) is 85.2 Å². The molecule has 2 N–H and O–H groups in total. The van der Waals surface area contributed by atoms with Gasteiger partial charge < -0.3 is 15.0 Å². The van der Waals surface area contributed by atoms with Crippen molar-refractivity contribution in [2.24, 2.45) is 0 Å². The number of hydrogen-bond donors (Lipinski definition) is 2. The molecular weight excluding hydrogens is 497 g/mol. The Labute approximate surface area is 218 Å². The summed E-state index contributed by atoms with van der Waals surface area (Å²) in [4.78, 5) is 36.1. The number of amides is 1. The highest BCUT2D eigenvalue weighted by Crippen LogP contribution is 2.38. The zero-order valence-corrected chi connectivity index (χ0v) is 20.7. The number of halogens is 2. The average molecular weight is 520 g/mol. The van der Waals surface area contributed by atoms with E-state index in [2.05, 4.69) is 9.97 Å². The highest BCUT2D eigenvalue weighted by molar-refractivity contribution is 6.30. The summed E-state index contributed by atoms with van der Waals surface area (Å²) in [6, 6.07) is 22.2. The first-order chi connectivity index (χ1) is 17.4. The quantitative estimate of drug-likeness (QED) is 0.343. The van der Waals surface area contributed by atoms with Gasteiger partial charge in [-0.3, -0.25) is 4.79 Å². The van der Waals surface area contributed by atoms with Gasteiger partial charge in [-0.2, -0.15) is 0 Å². The zero-order valence-electron chi connectivity index (χ0n) is 19.1. The van der Waals surface area contributed by atoms with Gasteiger partial charge in [-0.05, 0) is 47.4 Å². The maximum Gasteiger partial charge on any atom is 0.326 e. The van der Waals surface area contributed by atoms with Crippen molar-refractivity contribution in [1.29, 1.82) is 0 Å². The van der Waals surface area contributed by atoms with Crippen molar-refractivity contribution in [2.75, 3.05) is 0 Å². The molecule has 0 aliphatic carbocycles. The number of nitrogens with zero attached hydrogens (tertiary/aromatic N) is 2. The first-order valence-corrected chi connectivity index (χ1v) is 12.3. The van der Waals surface area contributed by atoms with E-state index in [0.717, 1.165) is 11.3 Å². The lowest BCUT2D eigenvalue weighted by Gasteiger charge is -2.41. The molecule has 1 amide bonds. The van der Waals surface area contributed by atoms with E-state index in [9.17, 15) is 14.7 Å². The number of carbonyl (C=O) groups is 2. The van der Waals surface area contributed by atoms with Gasteiger partial charge in [-0.25, -0.2) is 9.78 Å². The van der Waals surface area contributed by atoms with Gasteiger partial charge in [0.05, 0.1) is 24.0 Å². The molecule has 1 unspecified atom stereocenters. The van der Waals surface area contributed by atoms with E-state index < -0.39 is 24.0 Å². The third-order valence-electron chi connectivity index (χ3n) is 6.60. The second-order valence-electron chi connectivity index (χ2n) is 8.81. The molecule has 1 aromatic heterocycles. The van der Waals surface area contributed by atoms with Gasteiger partial charge in [0.1, 0.15) is 6.04 Å². The van der Waals surface area contributed by atoms with E-state index >= 15 is 0 Å². The number of rotatable bonds is 6. The molecule has 2 atom stereocenters. The summed E-state index contributed by atoms with van der Waals surface area (Å²) >= 11 is 12.3. The Morgan fingerprint density at radius 2 is 1.53 bits per heavy atom. The van der Waals surface area contributed by atoms with Gasteiger partial charge in [-0.1, -0.05) is 77.8 Å². The first-order valence-electron chi connectivity index (χ1n) is 11.5. The van der Waals surface area contributed by atoms with E-state index in [4.69, 9.17) is 23.2 Å². The van der Waals surface area contributed by atoms with Crippen molar-refractivity contribution in [3.63, 3.8) is 0 Å².